The maximum Gasteiger partial charge on any atom is 0.0771 e. The molecule has 2 fully saturated rings. The number of aliphatic hydroxyl groups is 1. The highest BCUT2D eigenvalue weighted by atomic mass is 16.3. The van der Waals surface area contributed by atoms with Gasteiger partial charge in [0.1, 0.15) is 0 Å². The largest absolute Gasteiger partial charge is 0.389 e. The minimum atomic E-state index is -0.439. The second-order valence-electron chi connectivity index (χ2n) is 5.89. The van der Waals surface area contributed by atoms with E-state index >= 15 is 0 Å². The molecule has 2 aliphatic carbocycles. The third kappa shape index (κ3) is 2.96. The van der Waals surface area contributed by atoms with Gasteiger partial charge in [0.25, 0.3) is 0 Å². The molecule has 0 unspecified atom stereocenters. The lowest BCUT2D eigenvalue weighted by Crippen LogP contribution is -2.53. The summed E-state index contributed by atoms with van der Waals surface area (Å²) in [5.74, 6) is 0.845. The van der Waals surface area contributed by atoms with Crippen molar-refractivity contribution in [3.05, 3.63) is 0 Å². The van der Waals surface area contributed by atoms with Gasteiger partial charge in [-0.2, -0.15) is 0 Å². The van der Waals surface area contributed by atoms with Gasteiger partial charge in [-0.1, -0.05) is 13.3 Å². The normalized spacial score (nSPS) is 44.1. The highest BCUT2D eigenvalue weighted by Gasteiger charge is 2.34. The van der Waals surface area contributed by atoms with Crippen LogP contribution in [0.25, 0.3) is 0 Å². The third-order valence-electron chi connectivity index (χ3n) is 4.51. The average Bonchev–Trinajstić information content (AvgIpc) is 2.24. The van der Waals surface area contributed by atoms with Gasteiger partial charge >= 0.3 is 0 Å². The Labute approximate surface area is 98.8 Å². The van der Waals surface area contributed by atoms with Crippen LogP contribution in [-0.4, -0.2) is 29.3 Å². The summed E-state index contributed by atoms with van der Waals surface area (Å²) in [6.45, 7) is 3.02. The SMILES string of the molecule is CCC1CCC(O)(CNC2CC(N)C2)CC1. The lowest BCUT2D eigenvalue weighted by Gasteiger charge is -2.40. The topological polar surface area (TPSA) is 58.3 Å². The number of hydrogen-bond acceptors (Lipinski definition) is 3. The van der Waals surface area contributed by atoms with E-state index in [-0.39, 0.29) is 0 Å². The first-order valence-electron chi connectivity index (χ1n) is 6.82. The highest BCUT2D eigenvalue weighted by molar-refractivity contribution is 4.92. The first-order valence-corrected chi connectivity index (χ1v) is 6.82. The van der Waals surface area contributed by atoms with Gasteiger partial charge in [-0.05, 0) is 44.4 Å². The van der Waals surface area contributed by atoms with Gasteiger partial charge < -0.3 is 16.2 Å². The molecule has 16 heavy (non-hydrogen) atoms. The Balaban J connectivity index is 1.68. The van der Waals surface area contributed by atoms with Crippen LogP contribution < -0.4 is 11.1 Å². The van der Waals surface area contributed by atoms with Gasteiger partial charge in [-0.3, -0.25) is 0 Å². The summed E-state index contributed by atoms with van der Waals surface area (Å²) in [5, 5.41) is 13.9. The molecular formula is C13H26N2O. The molecular weight excluding hydrogens is 200 g/mol. The average molecular weight is 226 g/mol. The van der Waals surface area contributed by atoms with Crippen LogP contribution in [-0.2, 0) is 0 Å². The number of nitrogens with one attached hydrogen (secondary N) is 1. The maximum absolute atomic E-state index is 10.4. The Kier molecular flexibility index (Phi) is 3.88. The Morgan fingerprint density at radius 3 is 2.44 bits per heavy atom. The van der Waals surface area contributed by atoms with Crippen molar-refractivity contribution in [1.29, 1.82) is 0 Å². The predicted octanol–water partition coefficient (Wildman–Crippen LogP) is 1.40. The van der Waals surface area contributed by atoms with Crippen molar-refractivity contribution in [1.82, 2.24) is 5.32 Å². The summed E-state index contributed by atoms with van der Waals surface area (Å²) < 4.78 is 0. The first-order chi connectivity index (χ1) is 7.61. The van der Waals surface area contributed by atoms with E-state index in [0.717, 1.165) is 38.1 Å². The summed E-state index contributed by atoms with van der Waals surface area (Å²) in [5.41, 5.74) is 5.31. The van der Waals surface area contributed by atoms with Crippen molar-refractivity contribution in [3.63, 3.8) is 0 Å². The van der Waals surface area contributed by atoms with Crippen molar-refractivity contribution in [2.45, 2.75) is 69.6 Å². The van der Waals surface area contributed by atoms with E-state index in [1.165, 1.54) is 19.3 Å². The van der Waals surface area contributed by atoms with E-state index in [4.69, 9.17) is 5.73 Å². The van der Waals surface area contributed by atoms with Gasteiger partial charge in [0.05, 0.1) is 5.60 Å². The Morgan fingerprint density at radius 2 is 1.94 bits per heavy atom. The minimum Gasteiger partial charge on any atom is -0.389 e. The van der Waals surface area contributed by atoms with E-state index in [2.05, 4.69) is 12.2 Å². The fraction of sp³-hybridized carbons (Fsp3) is 1.00. The van der Waals surface area contributed by atoms with Crippen LogP contribution in [0.4, 0.5) is 0 Å². The summed E-state index contributed by atoms with van der Waals surface area (Å²) in [6.07, 6.45) is 7.74. The van der Waals surface area contributed by atoms with Crippen LogP contribution in [0.3, 0.4) is 0 Å². The monoisotopic (exact) mass is 226 g/mol. The van der Waals surface area contributed by atoms with Crippen molar-refractivity contribution in [2.75, 3.05) is 6.54 Å². The zero-order valence-corrected chi connectivity index (χ0v) is 10.4. The van der Waals surface area contributed by atoms with E-state index in [1.807, 2.05) is 0 Å². The number of nitrogens with two attached hydrogens (primary N) is 1. The van der Waals surface area contributed by atoms with Gasteiger partial charge in [0.2, 0.25) is 0 Å². The number of hydrogen-bond donors (Lipinski definition) is 3. The molecule has 2 rings (SSSR count). The Bertz CT molecular complexity index is 218. The standard InChI is InChI=1S/C13H26N2O/c1-2-10-3-5-13(16,6-4-10)9-15-12-7-11(14)8-12/h10-12,15-16H,2-9,14H2,1H3. The smallest absolute Gasteiger partial charge is 0.0771 e. The molecule has 3 heteroatoms. The van der Waals surface area contributed by atoms with Crippen LogP contribution >= 0.6 is 0 Å². The third-order valence-corrected chi connectivity index (χ3v) is 4.51. The quantitative estimate of drug-likeness (QED) is 0.679. The summed E-state index contributed by atoms with van der Waals surface area (Å²) in [7, 11) is 0. The van der Waals surface area contributed by atoms with E-state index in [0.29, 0.717) is 12.1 Å². The molecule has 94 valence electrons. The molecule has 0 radical (unpaired) electrons. The molecule has 0 spiro atoms. The molecule has 0 bridgehead atoms. The maximum atomic E-state index is 10.4. The van der Waals surface area contributed by atoms with E-state index < -0.39 is 5.60 Å². The molecule has 2 aliphatic rings. The van der Waals surface area contributed by atoms with E-state index in [9.17, 15) is 5.11 Å². The highest BCUT2D eigenvalue weighted by Crippen LogP contribution is 2.33. The van der Waals surface area contributed by atoms with Gasteiger partial charge in [0, 0.05) is 18.6 Å². The van der Waals surface area contributed by atoms with Crippen molar-refractivity contribution < 1.29 is 5.11 Å². The Hall–Kier alpha value is -0.120. The molecule has 3 nitrogen and oxygen atoms in total. The molecule has 0 aromatic heterocycles. The fourth-order valence-electron chi connectivity index (χ4n) is 2.96. The molecule has 4 N–H and O–H groups in total. The zero-order chi connectivity index (χ0) is 11.6. The van der Waals surface area contributed by atoms with Crippen molar-refractivity contribution >= 4 is 0 Å². The van der Waals surface area contributed by atoms with Crippen LogP contribution in [0.5, 0.6) is 0 Å². The predicted molar refractivity (Wildman–Crippen MR) is 66.2 cm³/mol. The molecule has 2 saturated carbocycles. The van der Waals surface area contributed by atoms with E-state index in [1.54, 1.807) is 0 Å². The summed E-state index contributed by atoms with van der Waals surface area (Å²) in [6, 6.07) is 0.950. The van der Waals surface area contributed by atoms with Crippen molar-refractivity contribution in [3.8, 4) is 0 Å². The molecule has 0 amide bonds. The fourth-order valence-corrected chi connectivity index (χ4v) is 2.96. The summed E-state index contributed by atoms with van der Waals surface area (Å²) in [4.78, 5) is 0. The Morgan fingerprint density at radius 1 is 1.31 bits per heavy atom. The van der Waals surface area contributed by atoms with Crippen LogP contribution in [0.2, 0.25) is 0 Å². The zero-order valence-electron chi connectivity index (χ0n) is 10.4. The van der Waals surface area contributed by atoms with Gasteiger partial charge in [0.15, 0.2) is 0 Å². The molecule has 0 aliphatic heterocycles. The molecule has 0 aromatic carbocycles. The van der Waals surface area contributed by atoms with Gasteiger partial charge in [-0.15, -0.1) is 0 Å². The molecule has 0 heterocycles. The van der Waals surface area contributed by atoms with Crippen LogP contribution in [0.15, 0.2) is 0 Å². The lowest BCUT2D eigenvalue weighted by molar-refractivity contribution is -0.0131. The molecule has 0 aromatic rings. The van der Waals surface area contributed by atoms with Crippen LogP contribution in [0, 0.1) is 5.92 Å². The van der Waals surface area contributed by atoms with Crippen LogP contribution in [0.1, 0.15) is 51.9 Å². The second kappa shape index (κ2) is 5.03. The first kappa shape index (κ1) is 12.3. The van der Waals surface area contributed by atoms with Gasteiger partial charge in [-0.25, -0.2) is 0 Å². The number of rotatable bonds is 4. The minimum absolute atomic E-state index is 0.392. The second-order valence-corrected chi connectivity index (χ2v) is 5.89. The molecule has 0 saturated heterocycles. The lowest BCUT2D eigenvalue weighted by atomic mass is 9.77. The summed E-state index contributed by atoms with van der Waals surface area (Å²) >= 11 is 0. The molecule has 0 atom stereocenters. The van der Waals surface area contributed by atoms with Crippen molar-refractivity contribution in [2.24, 2.45) is 11.7 Å².